The highest BCUT2D eigenvalue weighted by molar-refractivity contribution is 6.30. The van der Waals surface area contributed by atoms with Crippen LogP contribution in [-0.2, 0) is 5.92 Å². The van der Waals surface area contributed by atoms with Crippen molar-refractivity contribution in [2.24, 2.45) is 5.73 Å². The number of nitrogens with two attached hydrogens (primary N) is 1. The van der Waals surface area contributed by atoms with Crippen LogP contribution >= 0.6 is 11.6 Å². The Labute approximate surface area is 85.6 Å². The number of halogens is 3. The van der Waals surface area contributed by atoms with Crippen LogP contribution in [0.3, 0.4) is 0 Å². The number of methoxy groups -OCH3 is 1. The van der Waals surface area contributed by atoms with Gasteiger partial charge in [-0.25, -0.2) is 0 Å². The molecule has 0 spiro atoms. The fraction of sp³-hybridized carbons (Fsp3) is 0.333. The van der Waals surface area contributed by atoms with Crippen LogP contribution in [0.15, 0.2) is 18.2 Å². The minimum absolute atomic E-state index is 0.0878. The molecule has 0 aliphatic rings. The molecule has 0 aliphatic carbocycles. The van der Waals surface area contributed by atoms with E-state index in [0.717, 1.165) is 6.07 Å². The summed E-state index contributed by atoms with van der Waals surface area (Å²) in [5, 5.41) is 0.230. The molecule has 2 N–H and O–H groups in total. The maximum Gasteiger partial charge on any atom is 0.288 e. The van der Waals surface area contributed by atoms with Crippen molar-refractivity contribution in [2.45, 2.75) is 5.92 Å². The van der Waals surface area contributed by atoms with Crippen molar-refractivity contribution in [1.29, 1.82) is 0 Å². The maximum absolute atomic E-state index is 13.2. The molecule has 0 unspecified atom stereocenters. The van der Waals surface area contributed by atoms with Crippen LogP contribution in [0.25, 0.3) is 0 Å². The number of alkyl halides is 2. The monoisotopic (exact) mass is 221 g/mol. The van der Waals surface area contributed by atoms with Crippen molar-refractivity contribution in [1.82, 2.24) is 0 Å². The lowest BCUT2D eigenvalue weighted by atomic mass is 10.1. The summed E-state index contributed by atoms with van der Waals surface area (Å²) in [4.78, 5) is 0. The van der Waals surface area contributed by atoms with Gasteiger partial charge in [-0.3, -0.25) is 0 Å². The first-order chi connectivity index (χ1) is 6.51. The molecule has 0 aromatic heterocycles. The molecule has 0 saturated heterocycles. The molecule has 0 heterocycles. The Balaban J connectivity index is 3.23. The molecule has 1 aromatic carbocycles. The predicted molar refractivity (Wildman–Crippen MR) is 51.0 cm³/mol. The van der Waals surface area contributed by atoms with Crippen LogP contribution in [0.4, 0.5) is 8.78 Å². The molecule has 14 heavy (non-hydrogen) atoms. The zero-order valence-corrected chi connectivity index (χ0v) is 8.31. The van der Waals surface area contributed by atoms with Gasteiger partial charge < -0.3 is 10.5 Å². The van der Waals surface area contributed by atoms with Crippen LogP contribution in [0, 0.1) is 0 Å². The molecule has 0 aliphatic heterocycles. The van der Waals surface area contributed by atoms with E-state index in [0.29, 0.717) is 0 Å². The SMILES string of the molecule is COc1ccc(Cl)cc1C(F)(F)CN. The van der Waals surface area contributed by atoms with Gasteiger partial charge in [-0.2, -0.15) is 8.78 Å². The Morgan fingerprint density at radius 3 is 2.64 bits per heavy atom. The van der Waals surface area contributed by atoms with Gasteiger partial charge in [-0.1, -0.05) is 11.6 Å². The molecule has 0 amide bonds. The smallest absolute Gasteiger partial charge is 0.288 e. The van der Waals surface area contributed by atoms with Gasteiger partial charge in [0.25, 0.3) is 5.92 Å². The van der Waals surface area contributed by atoms with Gasteiger partial charge in [0.15, 0.2) is 0 Å². The summed E-state index contributed by atoms with van der Waals surface area (Å²) in [6, 6.07) is 4.03. The van der Waals surface area contributed by atoms with E-state index in [-0.39, 0.29) is 16.3 Å². The maximum atomic E-state index is 13.2. The quantitative estimate of drug-likeness (QED) is 0.851. The van der Waals surface area contributed by atoms with Crippen LogP contribution in [0.1, 0.15) is 5.56 Å². The second kappa shape index (κ2) is 4.11. The summed E-state index contributed by atoms with van der Waals surface area (Å²) in [5.74, 6) is -3.03. The highest BCUT2D eigenvalue weighted by Gasteiger charge is 2.33. The molecule has 1 aromatic rings. The molecule has 0 bridgehead atoms. The van der Waals surface area contributed by atoms with Crippen molar-refractivity contribution in [3.05, 3.63) is 28.8 Å². The molecular weight excluding hydrogens is 212 g/mol. The number of hydrogen-bond acceptors (Lipinski definition) is 2. The van der Waals surface area contributed by atoms with Crippen LogP contribution in [0.5, 0.6) is 5.75 Å². The van der Waals surface area contributed by atoms with E-state index in [4.69, 9.17) is 22.1 Å². The van der Waals surface area contributed by atoms with E-state index in [9.17, 15) is 8.78 Å². The lowest BCUT2D eigenvalue weighted by Crippen LogP contribution is -2.25. The third-order valence-corrected chi connectivity index (χ3v) is 2.05. The number of ether oxygens (including phenoxy) is 1. The van der Waals surface area contributed by atoms with Gasteiger partial charge in [0.1, 0.15) is 5.75 Å². The molecule has 2 nitrogen and oxygen atoms in total. The molecule has 78 valence electrons. The van der Waals surface area contributed by atoms with Gasteiger partial charge in [0.05, 0.1) is 19.2 Å². The Kier molecular flexibility index (Phi) is 3.29. The third kappa shape index (κ3) is 2.13. The summed E-state index contributed by atoms with van der Waals surface area (Å²) in [5.41, 5.74) is 4.68. The fourth-order valence-corrected chi connectivity index (χ4v) is 1.25. The summed E-state index contributed by atoms with van der Waals surface area (Å²) in [7, 11) is 1.32. The first-order valence-corrected chi connectivity index (χ1v) is 4.31. The Bertz CT molecular complexity index is 331. The van der Waals surface area contributed by atoms with Crippen molar-refractivity contribution < 1.29 is 13.5 Å². The van der Waals surface area contributed by atoms with Gasteiger partial charge in [0.2, 0.25) is 0 Å². The number of hydrogen-bond donors (Lipinski definition) is 1. The average Bonchev–Trinajstić information content (AvgIpc) is 2.18. The minimum Gasteiger partial charge on any atom is -0.496 e. The zero-order valence-electron chi connectivity index (χ0n) is 7.56. The van der Waals surface area contributed by atoms with Gasteiger partial charge in [0, 0.05) is 5.02 Å². The van der Waals surface area contributed by atoms with Crippen molar-refractivity contribution in [3.8, 4) is 5.75 Å². The molecule has 0 atom stereocenters. The van der Waals surface area contributed by atoms with E-state index in [1.54, 1.807) is 0 Å². The molecule has 0 fully saturated rings. The predicted octanol–water partition coefficient (Wildman–Crippen LogP) is 2.40. The summed E-state index contributed by atoms with van der Waals surface area (Å²) < 4.78 is 31.3. The highest BCUT2D eigenvalue weighted by atomic mass is 35.5. The van der Waals surface area contributed by atoms with Crippen molar-refractivity contribution in [2.75, 3.05) is 13.7 Å². The van der Waals surface area contributed by atoms with Crippen molar-refractivity contribution in [3.63, 3.8) is 0 Å². The Morgan fingerprint density at radius 2 is 2.14 bits per heavy atom. The summed E-state index contributed by atoms with van der Waals surface area (Å²) in [6.07, 6.45) is 0. The molecular formula is C9H10ClF2NO. The largest absolute Gasteiger partial charge is 0.496 e. The fourth-order valence-electron chi connectivity index (χ4n) is 1.08. The van der Waals surface area contributed by atoms with Gasteiger partial charge in [-0.05, 0) is 18.2 Å². The lowest BCUT2D eigenvalue weighted by molar-refractivity contribution is 0.00370. The van der Waals surface area contributed by atoms with E-state index in [1.807, 2.05) is 0 Å². The van der Waals surface area contributed by atoms with E-state index in [1.165, 1.54) is 19.2 Å². The minimum atomic E-state index is -3.11. The van der Waals surface area contributed by atoms with Crippen molar-refractivity contribution >= 4 is 11.6 Å². The zero-order chi connectivity index (χ0) is 10.8. The lowest BCUT2D eigenvalue weighted by Gasteiger charge is -2.17. The number of rotatable bonds is 3. The Morgan fingerprint density at radius 1 is 1.50 bits per heavy atom. The molecule has 1 rings (SSSR count). The van der Waals surface area contributed by atoms with E-state index in [2.05, 4.69) is 0 Å². The molecule has 0 saturated carbocycles. The average molecular weight is 222 g/mol. The van der Waals surface area contributed by atoms with E-state index < -0.39 is 12.5 Å². The first kappa shape index (κ1) is 11.2. The van der Waals surface area contributed by atoms with Gasteiger partial charge >= 0.3 is 0 Å². The summed E-state index contributed by atoms with van der Waals surface area (Å²) >= 11 is 5.61. The highest BCUT2D eigenvalue weighted by Crippen LogP contribution is 2.35. The molecule has 0 radical (unpaired) electrons. The van der Waals surface area contributed by atoms with Crippen LogP contribution in [-0.4, -0.2) is 13.7 Å². The Hall–Kier alpha value is -0.870. The van der Waals surface area contributed by atoms with Gasteiger partial charge in [-0.15, -0.1) is 0 Å². The van der Waals surface area contributed by atoms with Crippen LogP contribution < -0.4 is 10.5 Å². The second-order valence-corrected chi connectivity index (χ2v) is 3.19. The third-order valence-electron chi connectivity index (χ3n) is 1.81. The second-order valence-electron chi connectivity index (χ2n) is 2.75. The topological polar surface area (TPSA) is 35.2 Å². The normalized spacial score (nSPS) is 11.5. The first-order valence-electron chi connectivity index (χ1n) is 3.93. The van der Waals surface area contributed by atoms with Crippen LogP contribution in [0.2, 0.25) is 5.02 Å². The molecule has 5 heteroatoms. The summed E-state index contributed by atoms with van der Waals surface area (Å²) in [6.45, 7) is -0.774. The van der Waals surface area contributed by atoms with E-state index >= 15 is 0 Å². The number of benzene rings is 1. The standard InChI is InChI=1S/C9H10ClF2NO/c1-14-8-3-2-6(10)4-7(8)9(11,12)5-13/h2-4H,5,13H2,1H3.